The predicted octanol–water partition coefficient (Wildman–Crippen LogP) is 3.87. The number of hydrogen-bond acceptors (Lipinski definition) is 6. The van der Waals surface area contributed by atoms with Crippen molar-refractivity contribution >= 4 is 28.9 Å². The van der Waals surface area contributed by atoms with Gasteiger partial charge in [-0.2, -0.15) is 0 Å². The standard InChI is InChI=1S/C30H29FN8O2/c1-17-10-33-23-9-6-20(11-38(17)23)25-24(19-4-7-21(31)8-5-19)35-26(32)27-34-22(12-39(25)27)28(41)36-30-13-29(14-30,15-30)16-37(3)18(2)40/h4-12H,13-16H2,1-3H3,(H2,32,35)(H,36,41). The number of aryl methyl sites for hydroxylation is 1. The van der Waals surface area contributed by atoms with E-state index in [9.17, 15) is 14.0 Å². The fraction of sp³-hybridized carbons (Fsp3) is 0.300. The molecule has 3 N–H and O–H groups in total. The number of pyridine rings is 1. The molecule has 3 saturated carbocycles. The van der Waals surface area contributed by atoms with Crippen LogP contribution in [0.15, 0.2) is 55.0 Å². The average Bonchev–Trinajstić information content (AvgIpc) is 3.51. The highest BCUT2D eigenvalue weighted by Gasteiger charge is 2.68. The smallest absolute Gasteiger partial charge is 0.271 e. The van der Waals surface area contributed by atoms with Gasteiger partial charge in [0.2, 0.25) is 5.91 Å². The van der Waals surface area contributed by atoms with Crippen LogP contribution in [0, 0.1) is 18.2 Å². The summed E-state index contributed by atoms with van der Waals surface area (Å²) in [5, 5.41) is 3.19. The van der Waals surface area contributed by atoms with Gasteiger partial charge in [0, 0.05) is 61.5 Å². The Morgan fingerprint density at radius 3 is 2.46 bits per heavy atom. The van der Waals surface area contributed by atoms with E-state index in [-0.39, 0.29) is 40.1 Å². The van der Waals surface area contributed by atoms with Crippen LogP contribution >= 0.6 is 0 Å². The third-order valence-corrected chi connectivity index (χ3v) is 8.58. The van der Waals surface area contributed by atoms with Crippen molar-refractivity contribution < 1.29 is 14.0 Å². The van der Waals surface area contributed by atoms with Gasteiger partial charge >= 0.3 is 0 Å². The van der Waals surface area contributed by atoms with Crippen molar-refractivity contribution in [3.8, 4) is 22.5 Å². The number of hydrogen-bond donors (Lipinski definition) is 2. The molecule has 0 saturated heterocycles. The van der Waals surface area contributed by atoms with Crippen molar-refractivity contribution in [3.63, 3.8) is 0 Å². The van der Waals surface area contributed by atoms with Gasteiger partial charge in [-0.25, -0.2) is 19.3 Å². The Bertz CT molecular complexity index is 1870. The van der Waals surface area contributed by atoms with Crippen LogP contribution in [0.3, 0.4) is 0 Å². The molecule has 3 fully saturated rings. The molecule has 1 aromatic carbocycles. The topological polar surface area (TPSA) is 123 Å². The van der Waals surface area contributed by atoms with Crippen LogP contribution in [0.5, 0.6) is 0 Å². The van der Waals surface area contributed by atoms with Crippen LogP contribution < -0.4 is 11.1 Å². The lowest BCUT2D eigenvalue weighted by atomic mass is 9.39. The minimum absolute atomic E-state index is 0.0434. The highest BCUT2D eigenvalue weighted by molar-refractivity contribution is 5.95. The lowest BCUT2D eigenvalue weighted by Crippen LogP contribution is -2.76. The van der Waals surface area contributed by atoms with E-state index in [4.69, 9.17) is 5.73 Å². The summed E-state index contributed by atoms with van der Waals surface area (Å²) in [7, 11) is 1.81. The van der Waals surface area contributed by atoms with Crippen LogP contribution in [0.2, 0.25) is 0 Å². The number of nitrogens with zero attached hydrogens (tertiary/aromatic N) is 6. The molecule has 0 radical (unpaired) electrons. The number of nitrogens with two attached hydrogens (primary N) is 1. The summed E-state index contributed by atoms with van der Waals surface area (Å²) in [5.74, 6) is -0.438. The summed E-state index contributed by atoms with van der Waals surface area (Å²) in [4.78, 5) is 40.6. The van der Waals surface area contributed by atoms with Crippen LogP contribution in [0.25, 0.3) is 33.8 Å². The molecule has 41 heavy (non-hydrogen) atoms. The third-order valence-electron chi connectivity index (χ3n) is 8.58. The minimum atomic E-state index is -0.357. The number of benzene rings is 1. The van der Waals surface area contributed by atoms with Crippen molar-refractivity contribution in [2.75, 3.05) is 19.3 Å². The second-order valence-electron chi connectivity index (χ2n) is 11.7. The van der Waals surface area contributed by atoms with Crippen molar-refractivity contribution in [1.29, 1.82) is 0 Å². The van der Waals surface area contributed by atoms with Crippen LogP contribution in [-0.4, -0.2) is 59.6 Å². The molecule has 208 valence electrons. The first kappa shape index (κ1) is 25.2. The number of anilines is 1. The van der Waals surface area contributed by atoms with E-state index >= 15 is 0 Å². The molecule has 2 bridgehead atoms. The van der Waals surface area contributed by atoms with Gasteiger partial charge in [0.25, 0.3) is 5.91 Å². The molecule has 11 heteroatoms. The molecule has 0 aliphatic heterocycles. The van der Waals surface area contributed by atoms with E-state index in [0.29, 0.717) is 29.1 Å². The number of halogens is 1. The molecule has 4 aromatic heterocycles. The zero-order chi connectivity index (χ0) is 28.7. The van der Waals surface area contributed by atoms with Gasteiger partial charge in [0.1, 0.15) is 17.2 Å². The Labute approximate surface area is 235 Å². The predicted molar refractivity (Wildman–Crippen MR) is 152 cm³/mol. The largest absolute Gasteiger partial charge is 0.381 e. The lowest BCUT2D eigenvalue weighted by Gasteiger charge is -2.71. The first-order valence-corrected chi connectivity index (χ1v) is 13.5. The summed E-state index contributed by atoms with van der Waals surface area (Å²) in [5.41, 5.74) is 11.2. The first-order valence-electron chi connectivity index (χ1n) is 13.5. The number of imidazole rings is 2. The fourth-order valence-electron chi connectivity index (χ4n) is 6.72. The monoisotopic (exact) mass is 552 g/mol. The number of fused-ring (bicyclic) bond motifs is 2. The first-order chi connectivity index (χ1) is 19.6. The van der Waals surface area contributed by atoms with E-state index in [1.165, 1.54) is 12.1 Å². The van der Waals surface area contributed by atoms with Crippen LogP contribution in [0.4, 0.5) is 10.2 Å². The van der Waals surface area contributed by atoms with Crippen LogP contribution in [0.1, 0.15) is 42.4 Å². The molecule has 2 amide bonds. The summed E-state index contributed by atoms with van der Waals surface area (Å²) in [6.45, 7) is 4.23. The molecule has 3 aliphatic carbocycles. The second kappa shape index (κ2) is 8.60. The van der Waals surface area contributed by atoms with Crippen molar-refractivity contribution in [2.24, 2.45) is 5.41 Å². The Morgan fingerprint density at radius 1 is 1.05 bits per heavy atom. The number of rotatable bonds is 6. The number of nitrogens with one attached hydrogen (secondary N) is 1. The molecule has 4 heterocycles. The summed E-state index contributed by atoms with van der Waals surface area (Å²) in [6, 6.07) is 9.90. The average molecular weight is 553 g/mol. The highest BCUT2D eigenvalue weighted by Crippen LogP contribution is 2.67. The Hall–Kier alpha value is -4.80. The molecule has 0 spiro atoms. The van der Waals surface area contributed by atoms with Crippen molar-refractivity contribution in [2.45, 2.75) is 38.6 Å². The molecular weight excluding hydrogens is 523 g/mol. The molecular formula is C30H29FN8O2. The quantitative estimate of drug-likeness (QED) is 0.330. The number of carbonyl (C=O) groups is 2. The van der Waals surface area contributed by atoms with E-state index in [1.54, 1.807) is 40.8 Å². The maximum absolute atomic E-state index is 13.8. The zero-order valence-electron chi connectivity index (χ0n) is 23.0. The van der Waals surface area contributed by atoms with E-state index in [1.807, 2.05) is 36.7 Å². The van der Waals surface area contributed by atoms with Gasteiger partial charge in [-0.15, -0.1) is 0 Å². The van der Waals surface area contributed by atoms with Gasteiger partial charge in [-0.3, -0.25) is 14.0 Å². The highest BCUT2D eigenvalue weighted by atomic mass is 19.1. The SMILES string of the molecule is CC(=O)N(C)CC12CC(NC(=O)c3cn4c(-c5ccc6ncc(C)n6c5)c(-c5ccc(F)cc5)nc(N)c4n3)(C1)C2. The van der Waals surface area contributed by atoms with Gasteiger partial charge < -0.3 is 20.4 Å². The number of amides is 2. The lowest BCUT2D eigenvalue weighted by molar-refractivity contribution is -0.166. The van der Waals surface area contributed by atoms with E-state index in [2.05, 4.69) is 20.3 Å². The third kappa shape index (κ3) is 3.94. The van der Waals surface area contributed by atoms with Gasteiger partial charge in [-0.05, 0) is 68.0 Å². The number of aromatic nitrogens is 5. The molecule has 0 unspecified atom stereocenters. The molecule has 3 aliphatic rings. The molecule has 5 aromatic rings. The van der Waals surface area contributed by atoms with Gasteiger partial charge in [0.05, 0.1) is 11.4 Å². The Kier molecular flexibility index (Phi) is 5.28. The zero-order valence-corrected chi connectivity index (χ0v) is 23.0. The molecule has 8 rings (SSSR count). The fourth-order valence-corrected chi connectivity index (χ4v) is 6.72. The molecule has 0 atom stereocenters. The van der Waals surface area contributed by atoms with Crippen LogP contribution in [-0.2, 0) is 4.79 Å². The summed E-state index contributed by atoms with van der Waals surface area (Å²) in [6.07, 6.45) is 7.95. The molecule has 10 nitrogen and oxygen atoms in total. The van der Waals surface area contributed by atoms with E-state index < -0.39 is 0 Å². The minimum Gasteiger partial charge on any atom is -0.381 e. The maximum atomic E-state index is 13.8. The van der Waals surface area contributed by atoms with Gasteiger partial charge in [-0.1, -0.05) is 0 Å². The second-order valence-corrected chi connectivity index (χ2v) is 11.7. The van der Waals surface area contributed by atoms with Crippen molar-refractivity contribution in [1.82, 2.24) is 34.0 Å². The normalized spacial score (nSPS) is 21.0. The maximum Gasteiger partial charge on any atom is 0.271 e. The number of nitrogen functional groups attached to an aromatic ring is 1. The van der Waals surface area contributed by atoms with Crippen molar-refractivity contribution in [3.05, 3.63) is 72.2 Å². The summed E-state index contributed by atoms with van der Waals surface area (Å²) >= 11 is 0. The van der Waals surface area contributed by atoms with Gasteiger partial charge in [0.15, 0.2) is 11.5 Å². The Balaban J connectivity index is 1.28. The summed E-state index contributed by atoms with van der Waals surface area (Å²) < 4.78 is 17.6. The number of carbonyl (C=O) groups excluding carboxylic acids is 2. The Morgan fingerprint density at radius 2 is 1.76 bits per heavy atom. The van der Waals surface area contributed by atoms with E-state index in [0.717, 1.165) is 36.2 Å².